The summed E-state index contributed by atoms with van der Waals surface area (Å²) in [7, 11) is 3.23. The Kier molecular flexibility index (Phi) is 5.27. The molecule has 1 fully saturated rings. The summed E-state index contributed by atoms with van der Waals surface area (Å²) in [5, 5.41) is 1.54. The fraction of sp³-hybridized carbons (Fsp3) is 0.421. The molecule has 0 amide bonds. The zero-order valence-electron chi connectivity index (χ0n) is 16.0. The van der Waals surface area contributed by atoms with Gasteiger partial charge in [-0.2, -0.15) is 4.98 Å². The van der Waals surface area contributed by atoms with Crippen LogP contribution in [0.5, 0.6) is 11.5 Å². The number of morpholine rings is 1. The first-order chi connectivity index (χ1) is 13.7. The molecule has 2 aromatic heterocycles. The molecule has 28 heavy (non-hydrogen) atoms. The number of nitrogen functional groups attached to an aromatic ring is 1. The average molecular weight is 385 g/mol. The first-order valence-electron chi connectivity index (χ1n) is 9.09. The highest BCUT2D eigenvalue weighted by Crippen LogP contribution is 2.35. The van der Waals surface area contributed by atoms with Crippen molar-refractivity contribution in [2.24, 2.45) is 0 Å². The van der Waals surface area contributed by atoms with E-state index in [1.54, 1.807) is 20.4 Å². The molecule has 1 aromatic carbocycles. The number of rotatable bonds is 6. The Morgan fingerprint density at radius 2 is 1.89 bits per heavy atom. The first-order valence-corrected chi connectivity index (χ1v) is 9.09. The van der Waals surface area contributed by atoms with Crippen molar-refractivity contribution in [3.63, 3.8) is 0 Å². The third-order valence-corrected chi connectivity index (χ3v) is 4.67. The van der Waals surface area contributed by atoms with Gasteiger partial charge in [-0.3, -0.25) is 4.98 Å². The molecule has 1 aliphatic heterocycles. The number of benzene rings is 1. The van der Waals surface area contributed by atoms with Crippen LogP contribution < -0.4 is 20.1 Å². The van der Waals surface area contributed by atoms with Gasteiger partial charge in [-0.15, -0.1) is 0 Å². The number of nitrogens with two attached hydrogens (primary N) is 1. The summed E-state index contributed by atoms with van der Waals surface area (Å²) >= 11 is 0. The standard InChI is InChI=1S/C19H23N5O4/c1-25-7-8-28-16-10-14-12(9-15(16)26-2)17-13(11-21-14)18(20)23-19(22-17)24-3-5-27-6-4-24/h9-11H,3-8H2,1-2H3,(H2,20,22,23). The number of ether oxygens (including phenoxy) is 4. The molecule has 0 bridgehead atoms. The average Bonchev–Trinajstić information content (AvgIpc) is 2.73. The van der Waals surface area contributed by atoms with Crippen LogP contribution >= 0.6 is 0 Å². The van der Waals surface area contributed by atoms with Crippen LogP contribution in [0.4, 0.5) is 11.8 Å². The number of nitrogens with zero attached hydrogens (tertiary/aromatic N) is 4. The van der Waals surface area contributed by atoms with Gasteiger partial charge < -0.3 is 29.6 Å². The second-order valence-corrected chi connectivity index (χ2v) is 6.39. The molecular weight excluding hydrogens is 362 g/mol. The molecule has 9 heteroatoms. The summed E-state index contributed by atoms with van der Waals surface area (Å²) in [5.74, 6) is 2.21. The van der Waals surface area contributed by atoms with E-state index in [-0.39, 0.29) is 0 Å². The van der Waals surface area contributed by atoms with Crippen molar-refractivity contribution in [3.05, 3.63) is 18.3 Å². The Bertz CT molecular complexity index is 991. The molecule has 2 N–H and O–H groups in total. The number of anilines is 2. The lowest BCUT2D eigenvalue weighted by atomic mass is 10.1. The molecule has 0 atom stereocenters. The number of fused-ring (bicyclic) bond motifs is 3. The molecule has 0 unspecified atom stereocenters. The van der Waals surface area contributed by atoms with E-state index in [0.29, 0.717) is 55.1 Å². The van der Waals surface area contributed by atoms with E-state index in [4.69, 9.17) is 29.7 Å². The maximum Gasteiger partial charge on any atom is 0.228 e. The van der Waals surface area contributed by atoms with Gasteiger partial charge in [0.1, 0.15) is 12.4 Å². The van der Waals surface area contributed by atoms with Crippen LogP contribution in [0.3, 0.4) is 0 Å². The second kappa shape index (κ2) is 7.99. The van der Waals surface area contributed by atoms with Gasteiger partial charge in [-0.05, 0) is 6.07 Å². The molecule has 1 saturated heterocycles. The SMILES string of the molecule is COCCOc1cc2ncc3c(N)nc(N4CCOCC4)nc3c2cc1OC. The van der Waals surface area contributed by atoms with Crippen LogP contribution in [-0.2, 0) is 9.47 Å². The molecule has 1 aliphatic rings. The van der Waals surface area contributed by atoms with E-state index >= 15 is 0 Å². The number of aromatic nitrogens is 3. The fourth-order valence-electron chi connectivity index (χ4n) is 3.20. The van der Waals surface area contributed by atoms with Gasteiger partial charge in [0, 0.05) is 37.8 Å². The Morgan fingerprint density at radius 3 is 2.64 bits per heavy atom. The summed E-state index contributed by atoms with van der Waals surface area (Å²) in [6.45, 7) is 3.66. The molecular formula is C19H23N5O4. The highest BCUT2D eigenvalue weighted by atomic mass is 16.5. The van der Waals surface area contributed by atoms with E-state index in [1.807, 2.05) is 12.1 Å². The summed E-state index contributed by atoms with van der Waals surface area (Å²) in [6, 6.07) is 3.72. The minimum atomic E-state index is 0.403. The van der Waals surface area contributed by atoms with Gasteiger partial charge in [0.25, 0.3) is 0 Å². The maximum atomic E-state index is 6.22. The molecule has 0 saturated carbocycles. The highest BCUT2D eigenvalue weighted by Gasteiger charge is 2.18. The van der Waals surface area contributed by atoms with Crippen molar-refractivity contribution in [1.29, 1.82) is 0 Å². The lowest BCUT2D eigenvalue weighted by Gasteiger charge is -2.27. The van der Waals surface area contributed by atoms with Gasteiger partial charge in [-0.1, -0.05) is 0 Å². The topological polar surface area (TPSA) is 105 Å². The molecule has 3 heterocycles. The van der Waals surface area contributed by atoms with E-state index in [9.17, 15) is 0 Å². The minimum Gasteiger partial charge on any atom is -0.493 e. The van der Waals surface area contributed by atoms with Crippen molar-refractivity contribution in [1.82, 2.24) is 15.0 Å². The number of pyridine rings is 1. The lowest BCUT2D eigenvalue weighted by Crippen LogP contribution is -2.37. The Morgan fingerprint density at radius 1 is 1.07 bits per heavy atom. The highest BCUT2D eigenvalue weighted by molar-refractivity contribution is 6.07. The van der Waals surface area contributed by atoms with Crippen LogP contribution in [0.1, 0.15) is 0 Å². The second-order valence-electron chi connectivity index (χ2n) is 6.39. The summed E-state index contributed by atoms with van der Waals surface area (Å²) in [5.41, 5.74) is 7.70. The predicted octanol–water partition coefficient (Wildman–Crippen LogP) is 1.63. The van der Waals surface area contributed by atoms with E-state index in [1.165, 1.54) is 0 Å². The summed E-state index contributed by atoms with van der Waals surface area (Å²) < 4.78 is 21.7. The Labute approximate surface area is 162 Å². The zero-order valence-corrected chi connectivity index (χ0v) is 16.0. The third-order valence-electron chi connectivity index (χ3n) is 4.67. The number of hydrogen-bond acceptors (Lipinski definition) is 9. The van der Waals surface area contributed by atoms with Crippen LogP contribution in [0.15, 0.2) is 18.3 Å². The van der Waals surface area contributed by atoms with Crippen molar-refractivity contribution in [2.45, 2.75) is 0 Å². The largest absolute Gasteiger partial charge is 0.493 e. The van der Waals surface area contributed by atoms with Crippen molar-refractivity contribution < 1.29 is 18.9 Å². The molecule has 9 nitrogen and oxygen atoms in total. The van der Waals surface area contributed by atoms with E-state index in [0.717, 1.165) is 29.5 Å². The maximum absolute atomic E-state index is 6.22. The van der Waals surface area contributed by atoms with Gasteiger partial charge in [0.2, 0.25) is 5.95 Å². The third kappa shape index (κ3) is 3.46. The fourth-order valence-corrected chi connectivity index (χ4v) is 3.20. The van der Waals surface area contributed by atoms with Crippen molar-refractivity contribution in [2.75, 3.05) is 64.4 Å². The summed E-state index contributed by atoms with van der Waals surface area (Å²) in [4.78, 5) is 15.9. The van der Waals surface area contributed by atoms with Crippen LogP contribution in [0.25, 0.3) is 21.8 Å². The number of hydrogen-bond donors (Lipinski definition) is 1. The number of methoxy groups -OCH3 is 2. The van der Waals surface area contributed by atoms with Gasteiger partial charge in [-0.25, -0.2) is 4.98 Å². The molecule has 4 rings (SSSR count). The lowest BCUT2D eigenvalue weighted by molar-refractivity contribution is 0.122. The van der Waals surface area contributed by atoms with Gasteiger partial charge in [0.15, 0.2) is 11.5 Å². The van der Waals surface area contributed by atoms with Crippen LogP contribution in [0.2, 0.25) is 0 Å². The Balaban J connectivity index is 1.83. The molecule has 0 radical (unpaired) electrons. The molecule has 0 aliphatic carbocycles. The van der Waals surface area contributed by atoms with Crippen LogP contribution in [0, 0.1) is 0 Å². The molecule has 148 valence electrons. The predicted molar refractivity (Wildman–Crippen MR) is 106 cm³/mol. The minimum absolute atomic E-state index is 0.403. The van der Waals surface area contributed by atoms with Crippen LogP contribution in [-0.4, -0.2) is 68.7 Å². The van der Waals surface area contributed by atoms with E-state index < -0.39 is 0 Å². The van der Waals surface area contributed by atoms with Crippen molar-refractivity contribution >= 4 is 33.6 Å². The monoisotopic (exact) mass is 385 g/mol. The van der Waals surface area contributed by atoms with E-state index in [2.05, 4.69) is 14.9 Å². The van der Waals surface area contributed by atoms with Crippen molar-refractivity contribution in [3.8, 4) is 11.5 Å². The summed E-state index contributed by atoms with van der Waals surface area (Å²) in [6.07, 6.45) is 1.70. The molecule has 0 spiro atoms. The first kappa shape index (κ1) is 18.5. The zero-order chi connectivity index (χ0) is 19.5. The normalized spacial score (nSPS) is 14.6. The molecule has 3 aromatic rings. The smallest absolute Gasteiger partial charge is 0.228 e. The van der Waals surface area contributed by atoms with Gasteiger partial charge in [0.05, 0.1) is 43.4 Å². The Hall–Kier alpha value is -2.91. The quantitative estimate of drug-likeness (QED) is 0.500. The van der Waals surface area contributed by atoms with Gasteiger partial charge >= 0.3 is 0 Å².